The number of aromatic nitrogens is 2. The van der Waals surface area contributed by atoms with Gasteiger partial charge in [0.15, 0.2) is 0 Å². The van der Waals surface area contributed by atoms with Crippen LogP contribution in [0.4, 0.5) is 11.8 Å². The van der Waals surface area contributed by atoms with Crippen LogP contribution < -0.4 is 10.6 Å². The highest BCUT2D eigenvalue weighted by Gasteiger charge is 2.17. The summed E-state index contributed by atoms with van der Waals surface area (Å²) in [7, 11) is 1.36. The molecule has 2 aromatic rings. The number of rotatable bonds is 4. The van der Waals surface area contributed by atoms with Crippen LogP contribution in [-0.4, -0.2) is 36.1 Å². The maximum Gasteiger partial charge on any atom is 0.348 e. The molecule has 0 bridgehead atoms. The minimum absolute atomic E-state index is 0.215. The highest BCUT2D eigenvalue weighted by molar-refractivity contribution is 7.20. The second-order valence-corrected chi connectivity index (χ2v) is 4.93. The van der Waals surface area contributed by atoms with Gasteiger partial charge in [0.25, 0.3) is 0 Å². The Morgan fingerprint density at radius 3 is 2.68 bits per heavy atom. The van der Waals surface area contributed by atoms with Crippen molar-refractivity contribution in [3.05, 3.63) is 10.9 Å². The highest BCUT2D eigenvalue weighted by atomic mass is 32.1. The number of nitrogens with two attached hydrogens (primary N) is 1. The largest absolute Gasteiger partial charge is 0.465 e. The second-order valence-electron chi connectivity index (χ2n) is 3.90. The molecule has 19 heavy (non-hydrogen) atoms. The third-order valence-corrected chi connectivity index (χ3v) is 3.85. The lowest BCUT2D eigenvalue weighted by Crippen LogP contribution is -2.23. The molecule has 2 rings (SSSR count). The second kappa shape index (κ2) is 5.40. The molecule has 2 N–H and O–H groups in total. The Morgan fingerprint density at radius 1 is 1.42 bits per heavy atom. The predicted octanol–water partition coefficient (Wildman–Crippen LogP) is 1.91. The summed E-state index contributed by atoms with van der Waals surface area (Å²) in [5, 5.41) is 0.836. The lowest BCUT2D eigenvalue weighted by molar-refractivity contribution is 0.0606. The fraction of sp³-hybridized carbons (Fsp3) is 0.417. The molecule has 2 aromatic heterocycles. The molecule has 0 spiro atoms. The Morgan fingerprint density at radius 2 is 2.11 bits per heavy atom. The zero-order chi connectivity index (χ0) is 14.0. The van der Waals surface area contributed by atoms with Gasteiger partial charge in [-0.1, -0.05) is 0 Å². The third kappa shape index (κ3) is 2.46. The molecule has 7 heteroatoms. The van der Waals surface area contributed by atoms with Gasteiger partial charge in [-0.25, -0.2) is 9.78 Å². The number of nitrogens with zero attached hydrogens (tertiary/aromatic N) is 3. The topological polar surface area (TPSA) is 81.3 Å². The average molecular weight is 280 g/mol. The lowest BCUT2D eigenvalue weighted by Gasteiger charge is -2.20. The molecule has 2 heterocycles. The van der Waals surface area contributed by atoms with Gasteiger partial charge in [0, 0.05) is 13.1 Å². The van der Waals surface area contributed by atoms with Crippen molar-refractivity contribution in [2.24, 2.45) is 0 Å². The number of fused-ring (bicyclic) bond motifs is 1. The molecule has 0 unspecified atom stereocenters. The summed E-state index contributed by atoms with van der Waals surface area (Å²) in [6, 6.07) is 1.76. The molecule has 0 atom stereocenters. The van der Waals surface area contributed by atoms with Crippen molar-refractivity contribution in [2.75, 3.05) is 30.8 Å². The third-order valence-electron chi connectivity index (χ3n) is 2.84. The summed E-state index contributed by atoms with van der Waals surface area (Å²) in [4.78, 5) is 23.3. The van der Waals surface area contributed by atoms with Crippen molar-refractivity contribution in [2.45, 2.75) is 13.8 Å². The van der Waals surface area contributed by atoms with Crippen LogP contribution in [-0.2, 0) is 4.74 Å². The number of hydrogen-bond donors (Lipinski definition) is 1. The molecule has 0 radical (unpaired) electrons. The van der Waals surface area contributed by atoms with Crippen LogP contribution in [0.2, 0.25) is 0 Å². The van der Waals surface area contributed by atoms with Crippen molar-refractivity contribution >= 4 is 39.3 Å². The van der Waals surface area contributed by atoms with Crippen molar-refractivity contribution in [3.8, 4) is 0 Å². The van der Waals surface area contributed by atoms with Gasteiger partial charge in [-0.3, -0.25) is 0 Å². The summed E-state index contributed by atoms with van der Waals surface area (Å²) in [6.45, 7) is 5.71. The molecular formula is C12H16N4O2S. The molecular weight excluding hydrogens is 264 g/mol. The van der Waals surface area contributed by atoms with Gasteiger partial charge in [0.05, 0.1) is 12.5 Å². The smallest absolute Gasteiger partial charge is 0.348 e. The van der Waals surface area contributed by atoms with Gasteiger partial charge in [0.2, 0.25) is 5.95 Å². The highest BCUT2D eigenvalue weighted by Crippen LogP contribution is 2.31. The van der Waals surface area contributed by atoms with Gasteiger partial charge < -0.3 is 15.4 Å². The summed E-state index contributed by atoms with van der Waals surface area (Å²) < 4.78 is 4.73. The average Bonchev–Trinajstić information content (AvgIpc) is 2.82. The van der Waals surface area contributed by atoms with Crippen LogP contribution >= 0.6 is 11.3 Å². The minimum Gasteiger partial charge on any atom is -0.465 e. The van der Waals surface area contributed by atoms with Crippen LogP contribution in [0.3, 0.4) is 0 Å². The van der Waals surface area contributed by atoms with Gasteiger partial charge in [-0.15, -0.1) is 11.3 Å². The van der Waals surface area contributed by atoms with Gasteiger partial charge in [0.1, 0.15) is 15.5 Å². The van der Waals surface area contributed by atoms with E-state index in [1.54, 1.807) is 6.07 Å². The van der Waals surface area contributed by atoms with Gasteiger partial charge in [-0.2, -0.15) is 4.98 Å². The number of carbonyl (C=O) groups excluding carboxylic acids is 1. The van der Waals surface area contributed by atoms with Crippen LogP contribution in [0, 0.1) is 0 Å². The number of esters is 1. The van der Waals surface area contributed by atoms with E-state index in [4.69, 9.17) is 10.5 Å². The maximum atomic E-state index is 11.6. The normalized spacial score (nSPS) is 10.7. The first-order valence-corrected chi connectivity index (χ1v) is 6.82. The minimum atomic E-state index is -0.368. The zero-order valence-electron chi connectivity index (χ0n) is 11.1. The van der Waals surface area contributed by atoms with Crippen molar-refractivity contribution in [1.29, 1.82) is 0 Å². The molecule has 0 aliphatic heterocycles. The van der Waals surface area contributed by atoms with E-state index in [-0.39, 0.29) is 11.9 Å². The lowest BCUT2D eigenvalue weighted by atomic mass is 10.3. The first kappa shape index (κ1) is 13.5. The fourth-order valence-electron chi connectivity index (χ4n) is 1.89. The number of thiophene rings is 1. The quantitative estimate of drug-likeness (QED) is 0.861. The summed E-state index contributed by atoms with van der Waals surface area (Å²) in [5.74, 6) is 0.610. The summed E-state index contributed by atoms with van der Waals surface area (Å²) in [6.07, 6.45) is 0. The van der Waals surface area contributed by atoms with E-state index in [2.05, 4.69) is 14.9 Å². The monoisotopic (exact) mass is 280 g/mol. The van der Waals surface area contributed by atoms with E-state index in [9.17, 15) is 4.79 Å². The van der Waals surface area contributed by atoms with E-state index in [1.807, 2.05) is 13.8 Å². The molecule has 102 valence electrons. The molecule has 0 aliphatic carbocycles. The maximum absolute atomic E-state index is 11.6. The Balaban J connectivity index is 2.62. The number of methoxy groups -OCH3 is 1. The molecule has 0 aromatic carbocycles. The molecule has 0 fully saturated rings. The van der Waals surface area contributed by atoms with Gasteiger partial charge in [-0.05, 0) is 19.9 Å². The van der Waals surface area contributed by atoms with Crippen molar-refractivity contribution in [1.82, 2.24) is 9.97 Å². The van der Waals surface area contributed by atoms with E-state index in [0.29, 0.717) is 9.71 Å². The Bertz CT molecular complexity index is 607. The molecule has 6 nitrogen and oxygen atoms in total. The molecule has 0 saturated carbocycles. The first-order chi connectivity index (χ1) is 9.10. The number of carbonyl (C=O) groups is 1. The van der Waals surface area contributed by atoms with Crippen LogP contribution in [0.15, 0.2) is 6.07 Å². The Hall–Kier alpha value is -1.89. The number of anilines is 2. The van der Waals surface area contributed by atoms with E-state index in [1.165, 1.54) is 18.4 Å². The van der Waals surface area contributed by atoms with Crippen LogP contribution in [0.1, 0.15) is 23.5 Å². The van der Waals surface area contributed by atoms with Crippen molar-refractivity contribution in [3.63, 3.8) is 0 Å². The van der Waals surface area contributed by atoms with E-state index < -0.39 is 0 Å². The van der Waals surface area contributed by atoms with Gasteiger partial charge >= 0.3 is 5.97 Å². The Labute approximate surface area is 115 Å². The number of ether oxygens (including phenoxy) is 1. The molecule has 0 saturated heterocycles. The first-order valence-electron chi connectivity index (χ1n) is 6.01. The summed E-state index contributed by atoms with van der Waals surface area (Å²) >= 11 is 1.26. The van der Waals surface area contributed by atoms with Crippen molar-refractivity contribution < 1.29 is 9.53 Å². The molecule has 0 amide bonds. The summed E-state index contributed by atoms with van der Waals surface area (Å²) in [5.41, 5.74) is 5.73. The fourth-order valence-corrected chi connectivity index (χ4v) is 2.84. The Kier molecular flexibility index (Phi) is 3.84. The number of nitrogen functional groups attached to an aromatic ring is 1. The van der Waals surface area contributed by atoms with E-state index >= 15 is 0 Å². The number of hydrogen-bond acceptors (Lipinski definition) is 7. The predicted molar refractivity (Wildman–Crippen MR) is 76.7 cm³/mol. The standard InChI is InChI=1S/C12H16N4O2S/c1-4-16(5-2)9-7-6-8(11(17)18-3)19-10(7)15-12(13)14-9/h6H,4-5H2,1-3H3,(H2,13,14,15). The SMILES string of the molecule is CCN(CC)c1nc(N)nc2sc(C(=O)OC)cc12. The van der Waals surface area contributed by atoms with E-state index in [0.717, 1.165) is 24.3 Å². The zero-order valence-corrected chi connectivity index (χ0v) is 12.0. The van der Waals surface area contributed by atoms with Crippen LogP contribution in [0.25, 0.3) is 10.2 Å². The van der Waals surface area contributed by atoms with Crippen LogP contribution in [0.5, 0.6) is 0 Å². The molecule has 0 aliphatic rings.